The van der Waals surface area contributed by atoms with Crippen molar-refractivity contribution in [3.8, 4) is 5.75 Å². The molecule has 6 rings (SSSR count). The van der Waals surface area contributed by atoms with Crippen molar-refractivity contribution in [2.75, 3.05) is 18.6 Å². The van der Waals surface area contributed by atoms with E-state index in [1.165, 1.54) is 56.3 Å². The van der Waals surface area contributed by atoms with Crippen molar-refractivity contribution in [1.82, 2.24) is 0 Å². The van der Waals surface area contributed by atoms with Crippen molar-refractivity contribution in [2.45, 2.75) is 57.9 Å². The van der Waals surface area contributed by atoms with Gasteiger partial charge in [-0.1, -0.05) is 44.5 Å². The predicted molar refractivity (Wildman–Crippen MR) is 116 cm³/mol. The van der Waals surface area contributed by atoms with Crippen LogP contribution in [-0.4, -0.2) is 13.7 Å². The minimum atomic E-state index is 0.152. The summed E-state index contributed by atoms with van der Waals surface area (Å²) >= 11 is 0. The highest BCUT2D eigenvalue weighted by atomic mass is 16.5. The van der Waals surface area contributed by atoms with Gasteiger partial charge >= 0.3 is 0 Å². The second-order valence-corrected chi connectivity index (χ2v) is 9.56. The van der Waals surface area contributed by atoms with Crippen LogP contribution in [0.15, 0.2) is 48.5 Å². The van der Waals surface area contributed by atoms with Gasteiger partial charge in [-0.2, -0.15) is 0 Å². The number of methoxy groups -OCH3 is 1. The van der Waals surface area contributed by atoms with Gasteiger partial charge in [-0.05, 0) is 84.7 Å². The Hall–Kier alpha value is -1.96. The average Bonchev–Trinajstić information content (AvgIpc) is 2.74. The Bertz CT molecular complexity index is 862. The van der Waals surface area contributed by atoms with Gasteiger partial charge < -0.3 is 9.64 Å². The summed E-state index contributed by atoms with van der Waals surface area (Å²) in [7, 11) is 1.78. The summed E-state index contributed by atoms with van der Waals surface area (Å²) in [6, 6.07) is 18.1. The summed E-state index contributed by atoms with van der Waals surface area (Å²) in [6.07, 6.45) is 7.80. The zero-order chi connectivity index (χ0) is 19.4. The largest absolute Gasteiger partial charge is 0.497 e. The smallest absolute Gasteiger partial charge is 0.119 e. The minimum Gasteiger partial charge on any atom is -0.497 e. The van der Waals surface area contributed by atoms with Crippen LogP contribution in [0, 0.1) is 17.3 Å². The number of hydrogen-bond acceptors (Lipinski definition) is 2. The molecule has 0 aromatic heterocycles. The number of anilines is 1. The molecule has 2 saturated heterocycles. The highest BCUT2D eigenvalue weighted by Gasteiger charge is 2.63. The van der Waals surface area contributed by atoms with E-state index in [1.807, 2.05) is 0 Å². The van der Waals surface area contributed by atoms with Crippen molar-refractivity contribution < 1.29 is 4.74 Å². The molecule has 0 N–H and O–H groups in total. The maximum absolute atomic E-state index is 5.57. The van der Waals surface area contributed by atoms with Gasteiger partial charge in [0.25, 0.3) is 0 Å². The van der Waals surface area contributed by atoms with Crippen LogP contribution in [0.4, 0.5) is 5.69 Å². The number of nitrogens with zero attached hydrogens (tertiary/aromatic N) is 1. The molecule has 1 spiro atoms. The van der Waals surface area contributed by atoms with E-state index in [0.717, 1.165) is 17.6 Å². The molecular weight excluding hydrogens is 342 g/mol. The number of hydrogen-bond donors (Lipinski definition) is 0. The number of para-hydroxylation sites is 1. The first kappa shape index (κ1) is 18.1. The van der Waals surface area contributed by atoms with Gasteiger partial charge in [0.05, 0.1) is 12.6 Å². The van der Waals surface area contributed by atoms with Gasteiger partial charge in [0.1, 0.15) is 5.75 Å². The molecule has 2 heterocycles. The van der Waals surface area contributed by atoms with Gasteiger partial charge in [-0.3, -0.25) is 0 Å². The number of ether oxygens (including phenoxy) is 1. The second kappa shape index (κ2) is 6.54. The van der Waals surface area contributed by atoms with E-state index >= 15 is 0 Å². The monoisotopic (exact) mass is 375 g/mol. The Morgan fingerprint density at radius 2 is 1.93 bits per heavy atom. The van der Waals surface area contributed by atoms with Gasteiger partial charge in [-0.15, -0.1) is 0 Å². The lowest BCUT2D eigenvalue weighted by molar-refractivity contribution is -0.0641. The summed E-state index contributed by atoms with van der Waals surface area (Å²) in [5.74, 6) is 2.59. The SMILES string of the molecule is CCC[C@H]1[C@@H]2CCc3cc(OC)ccc3[C@@]23CC[C@]1(C)CN3c1ccccc1. The van der Waals surface area contributed by atoms with Crippen LogP contribution in [-0.2, 0) is 12.0 Å². The van der Waals surface area contributed by atoms with Crippen molar-refractivity contribution in [1.29, 1.82) is 0 Å². The van der Waals surface area contributed by atoms with Crippen LogP contribution in [0.5, 0.6) is 5.75 Å². The number of benzene rings is 2. The second-order valence-electron chi connectivity index (χ2n) is 9.56. The molecule has 3 fully saturated rings. The molecule has 2 aliphatic carbocycles. The molecule has 2 nitrogen and oxygen atoms in total. The lowest BCUT2D eigenvalue weighted by atomic mass is 9.46. The molecule has 2 aromatic rings. The third kappa shape index (κ3) is 2.39. The fourth-order valence-electron chi connectivity index (χ4n) is 7.05. The quantitative estimate of drug-likeness (QED) is 0.632. The van der Waals surface area contributed by atoms with Crippen LogP contribution < -0.4 is 9.64 Å². The van der Waals surface area contributed by atoms with Crippen LogP contribution in [0.3, 0.4) is 0 Å². The molecule has 2 aromatic carbocycles. The maximum atomic E-state index is 5.57. The van der Waals surface area contributed by atoms with E-state index in [1.54, 1.807) is 12.7 Å². The Balaban J connectivity index is 1.71. The van der Waals surface area contributed by atoms with Crippen LogP contribution in [0.25, 0.3) is 0 Å². The zero-order valence-electron chi connectivity index (χ0n) is 17.6. The molecule has 4 aliphatic rings. The average molecular weight is 376 g/mol. The van der Waals surface area contributed by atoms with Crippen molar-refractivity contribution >= 4 is 5.69 Å². The van der Waals surface area contributed by atoms with E-state index in [0.29, 0.717) is 5.41 Å². The van der Waals surface area contributed by atoms with Gasteiger partial charge in [0, 0.05) is 12.2 Å². The molecular formula is C26H33NO. The summed E-state index contributed by atoms with van der Waals surface area (Å²) in [4.78, 5) is 2.80. The first-order valence-electron chi connectivity index (χ1n) is 11.1. The summed E-state index contributed by atoms with van der Waals surface area (Å²) < 4.78 is 5.57. The molecule has 28 heavy (non-hydrogen) atoms. The molecule has 1 saturated carbocycles. The standard InChI is InChI=1S/C26H33NO/c1-4-8-23-24-13-11-19-17-21(28-3)12-14-22(19)26(24)16-15-25(23,2)18-27(26)20-9-6-5-7-10-20/h5-7,9-10,12,14,17,23-24H,4,8,11,13,15-16,18H2,1-3H3/t23-,24-,25+,26-/m0/s1. The van der Waals surface area contributed by atoms with E-state index < -0.39 is 0 Å². The Kier molecular flexibility index (Phi) is 4.23. The van der Waals surface area contributed by atoms with Crippen LogP contribution in [0.2, 0.25) is 0 Å². The Morgan fingerprint density at radius 1 is 1.11 bits per heavy atom. The van der Waals surface area contributed by atoms with Gasteiger partial charge in [0.15, 0.2) is 0 Å². The lowest BCUT2D eigenvalue weighted by Gasteiger charge is -2.69. The maximum Gasteiger partial charge on any atom is 0.119 e. The Labute approximate surface area is 169 Å². The van der Waals surface area contributed by atoms with E-state index in [4.69, 9.17) is 4.74 Å². The normalized spacial score (nSPS) is 33.3. The zero-order valence-corrected chi connectivity index (χ0v) is 17.6. The van der Waals surface area contributed by atoms with Crippen LogP contribution >= 0.6 is 0 Å². The summed E-state index contributed by atoms with van der Waals surface area (Å²) in [6.45, 7) is 6.13. The highest BCUT2D eigenvalue weighted by molar-refractivity contribution is 5.57. The Morgan fingerprint density at radius 3 is 2.68 bits per heavy atom. The minimum absolute atomic E-state index is 0.152. The van der Waals surface area contributed by atoms with Crippen molar-refractivity contribution in [2.24, 2.45) is 17.3 Å². The summed E-state index contributed by atoms with van der Waals surface area (Å²) in [5.41, 5.74) is 5.08. The third-order valence-electron chi connectivity index (χ3n) is 8.24. The lowest BCUT2D eigenvalue weighted by Crippen LogP contribution is -2.69. The topological polar surface area (TPSA) is 12.5 Å². The fraction of sp³-hybridized carbons (Fsp3) is 0.538. The van der Waals surface area contributed by atoms with Crippen LogP contribution in [0.1, 0.15) is 57.1 Å². The molecule has 2 bridgehead atoms. The summed E-state index contributed by atoms with van der Waals surface area (Å²) in [5, 5.41) is 0. The van der Waals surface area contributed by atoms with E-state index in [-0.39, 0.29) is 5.54 Å². The third-order valence-corrected chi connectivity index (χ3v) is 8.24. The predicted octanol–water partition coefficient (Wildman–Crippen LogP) is 6.19. The highest BCUT2D eigenvalue weighted by Crippen LogP contribution is 2.65. The first-order valence-corrected chi connectivity index (χ1v) is 11.1. The van der Waals surface area contributed by atoms with Crippen molar-refractivity contribution in [3.05, 3.63) is 59.7 Å². The molecule has 0 amide bonds. The van der Waals surface area contributed by atoms with E-state index in [2.05, 4.69) is 67.3 Å². The number of piperidine rings is 2. The van der Waals surface area contributed by atoms with Gasteiger partial charge in [0.2, 0.25) is 0 Å². The van der Waals surface area contributed by atoms with E-state index in [9.17, 15) is 0 Å². The first-order chi connectivity index (χ1) is 13.6. The molecule has 0 radical (unpaired) electrons. The fourth-order valence-corrected chi connectivity index (χ4v) is 7.05. The molecule has 0 unspecified atom stereocenters. The molecule has 148 valence electrons. The number of fused-ring (bicyclic) bond motifs is 3. The molecule has 2 aliphatic heterocycles. The number of aryl methyl sites for hydroxylation is 1. The van der Waals surface area contributed by atoms with Gasteiger partial charge in [-0.25, -0.2) is 0 Å². The molecule has 2 heteroatoms. The molecule has 4 atom stereocenters. The van der Waals surface area contributed by atoms with Crippen molar-refractivity contribution in [3.63, 3.8) is 0 Å². The number of rotatable bonds is 4.